The molecule has 0 fully saturated rings. The first-order valence-corrected chi connectivity index (χ1v) is 22.7. The molecular formula is C61H39N3O2. The minimum Gasteiger partial charge on any atom is -0.455 e. The average Bonchev–Trinajstić information content (AvgIpc) is 4.04. The Morgan fingerprint density at radius 1 is 0.470 bits per heavy atom. The van der Waals surface area contributed by atoms with Crippen molar-refractivity contribution in [2.45, 2.75) is 13.3 Å². The van der Waals surface area contributed by atoms with Crippen molar-refractivity contribution in [3.8, 4) is 5.69 Å². The van der Waals surface area contributed by atoms with E-state index < -0.39 is 0 Å². The maximum atomic E-state index is 7.26. The molecule has 1 aliphatic rings. The second-order valence-electron chi connectivity index (χ2n) is 17.6. The molecule has 3 aromatic heterocycles. The molecule has 310 valence electrons. The van der Waals surface area contributed by atoms with Crippen LogP contribution >= 0.6 is 0 Å². The molecule has 0 N–H and O–H groups in total. The van der Waals surface area contributed by atoms with Gasteiger partial charge in [-0.2, -0.15) is 0 Å². The van der Waals surface area contributed by atoms with Crippen molar-refractivity contribution in [2.24, 2.45) is 15.9 Å². The molecule has 1 atom stereocenters. The highest BCUT2D eigenvalue weighted by Gasteiger charge is 2.29. The summed E-state index contributed by atoms with van der Waals surface area (Å²) in [5.41, 5.74) is 11.2. The zero-order chi connectivity index (χ0) is 43.5. The zero-order valence-electron chi connectivity index (χ0n) is 36.0. The lowest BCUT2D eigenvalue weighted by atomic mass is 9.92. The molecule has 0 aliphatic carbocycles. The normalized spacial score (nSPS) is 17.2. The van der Waals surface area contributed by atoms with Crippen LogP contribution in [0.5, 0.6) is 0 Å². The molecule has 13 aromatic rings. The van der Waals surface area contributed by atoms with Gasteiger partial charge < -0.3 is 13.4 Å². The second kappa shape index (κ2) is 14.2. The third kappa shape index (κ3) is 5.40. The van der Waals surface area contributed by atoms with E-state index in [1.807, 2.05) is 12.1 Å². The highest BCUT2D eigenvalue weighted by Crippen LogP contribution is 2.47. The molecule has 5 nitrogen and oxygen atoms in total. The van der Waals surface area contributed by atoms with Crippen LogP contribution in [0.15, 0.2) is 219 Å². The predicted molar refractivity (Wildman–Crippen MR) is 276 cm³/mol. The van der Waals surface area contributed by atoms with Gasteiger partial charge in [-0.25, -0.2) is 9.98 Å². The molecule has 0 amide bonds. The lowest BCUT2D eigenvalue weighted by molar-refractivity contribution is 0.666. The minimum atomic E-state index is 0.0761. The number of para-hydroxylation sites is 3. The highest BCUT2D eigenvalue weighted by molar-refractivity contribution is 6.32. The lowest BCUT2D eigenvalue weighted by Crippen LogP contribution is -2.17. The molecule has 1 unspecified atom stereocenters. The summed E-state index contributed by atoms with van der Waals surface area (Å²) in [4.78, 5) is 11.5. The molecule has 0 radical (unpaired) electrons. The topological polar surface area (TPSA) is 55.9 Å². The molecular weight excluding hydrogens is 807 g/mol. The number of hydrogen-bond donors (Lipinski definition) is 0. The van der Waals surface area contributed by atoms with E-state index in [1.54, 1.807) is 0 Å². The van der Waals surface area contributed by atoms with Gasteiger partial charge in [-0.1, -0.05) is 171 Å². The van der Waals surface area contributed by atoms with Crippen LogP contribution < -0.4 is 0 Å². The van der Waals surface area contributed by atoms with Crippen LogP contribution in [0.25, 0.3) is 109 Å². The SMILES string of the molecule is CC1C/C=C(c2cccc3c2oc2ccccc23)/N=C(c2c3ccccc3c(-n3c4cc5ccccc5cc4c4c5ccccc5ccc43)c3oc4ccccc4c23)\N=C/1c1ccccc1. The molecule has 0 saturated carbocycles. The van der Waals surface area contributed by atoms with E-state index in [4.69, 9.17) is 18.8 Å². The fraction of sp³-hybridized carbons (Fsp3) is 0.0492. The maximum Gasteiger partial charge on any atom is 0.161 e. The number of nitrogens with zero attached hydrogens (tertiary/aromatic N) is 3. The molecule has 0 saturated heterocycles. The molecule has 0 spiro atoms. The predicted octanol–water partition coefficient (Wildman–Crippen LogP) is 16.4. The Balaban J connectivity index is 1.14. The van der Waals surface area contributed by atoms with Crippen molar-refractivity contribution >= 4 is 115 Å². The van der Waals surface area contributed by atoms with Crippen LogP contribution in [0.2, 0.25) is 0 Å². The average molecular weight is 846 g/mol. The van der Waals surface area contributed by atoms with Crippen LogP contribution in [0.1, 0.15) is 30.0 Å². The van der Waals surface area contributed by atoms with Crippen molar-refractivity contribution in [1.82, 2.24) is 4.57 Å². The van der Waals surface area contributed by atoms with Crippen LogP contribution in [0.3, 0.4) is 0 Å². The molecule has 10 aromatic carbocycles. The quantitative estimate of drug-likeness (QED) is 0.177. The van der Waals surface area contributed by atoms with Gasteiger partial charge in [0.2, 0.25) is 0 Å². The van der Waals surface area contributed by atoms with Crippen molar-refractivity contribution in [2.75, 3.05) is 0 Å². The maximum absolute atomic E-state index is 7.26. The van der Waals surface area contributed by atoms with Crippen LogP contribution in [-0.2, 0) is 0 Å². The van der Waals surface area contributed by atoms with Gasteiger partial charge in [0.25, 0.3) is 0 Å². The van der Waals surface area contributed by atoms with Gasteiger partial charge in [0.1, 0.15) is 16.7 Å². The summed E-state index contributed by atoms with van der Waals surface area (Å²) >= 11 is 0. The van der Waals surface area contributed by atoms with Crippen LogP contribution in [0, 0.1) is 5.92 Å². The number of furan rings is 2. The van der Waals surface area contributed by atoms with E-state index in [1.165, 1.54) is 32.3 Å². The van der Waals surface area contributed by atoms with E-state index in [0.717, 1.165) is 106 Å². The first kappa shape index (κ1) is 36.9. The summed E-state index contributed by atoms with van der Waals surface area (Å²) < 4.78 is 16.4. The molecule has 1 aliphatic heterocycles. The number of allylic oxidation sites excluding steroid dienone is 1. The Bertz CT molecular complexity index is 4270. The van der Waals surface area contributed by atoms with Crippen LogP contribution in [0.4, 0.5) is 0 Å². The standard InChI is InChI=1S/C61H39N3O2/c1-36-30-32-49(46-27-15-26-45-42-22-11-13-28-52(42)65-59(45)46)62-61(63-57(36)38-17-3-2-4-18-38)56-43-23-9-10-24-44(43)58(60-55(56)47-25-12-14-29-53(47)66-60)64-50-33-31-37-16-7-8-21-41(37)54(50)48-34-39-19-5-6-20-40(39)35-51(48)64/h2-29,31-36H,30H2,1H3/b49-32+,62-61-,63-57+. The molecule has 0 bridgehead atoms. The van der Waals surface area contributed by atoms with E-state index in [0.29, 0.717) is 5.84 Å². The largest absolute Gasteiger partial charge is 0.455 e. The van der Waals surface area contributed by atoms with Gasteiger partial charge in [-0.05, 0) is 75.3 Å². The Morgan fingerprint density at radius 3 is 1.92 bits per heavy atom. The Morgan fingerprint density at radius 2 is 1.11 bits per heavy atom. The zero-order valence-corrected chi connectivity index (χ0v) is 36.0. The molecule has 5 heteroatoms. The summed E-state index contributed by atoms with van der Waals surface area (Å²) in [7, 11) is 0. The van der Waals surface area contributed by atoms with Gasteiger partial charge in [-0.15, -0.1) is 0 Å². The Labute approximate surface area is 378 Å². The lowest BCUT2D eigenvalue weighted by Gasteiger charge is -2.20. The van der Waals surface area contributed by atoms with Crippen molar-refractivity contribution in [3.05, 3.63) is 217 Å². The van der Waals surface area contributed by atoms with E-state index in [2.05, 4.69) is 200 Å². The number of fused-ring (bicyclic) bond motifs is 13. The summed E-state index contributed by atoms with van der Waals surface area (Å²) in [5, 5.41) is 13.4. The number of aromatic nitrogens is 1. The van der Waals surface area contributed by atoms with Crippen molar-refractivity contribution < 1.29 is 8.83 Å². The molecule has 66 heavy (non-hydrogen) atoms. The van der Waals surface area contributed by atoms with Crippen LogP contribution in [-0.4, -0.2) is 16.1 Å². The first-order chi connectivity index (χ1) is 32.7. The summed E-state index contributed by atoms with van der Waals surface area (Å²) in [6, 6.07) is 69.0. The van der Waals surface area contributed by atoms with Gasteiger partial charge in [0.15, 0.2) is 11.4 Å². The first-order valence-electron chi connectivity index (χ1n) is 22.7. The monoisotopic (exact) mass is 845 g/mol. The van der Waals surface area contributed by atoms with E-state index in [9.17, 15) is 0 Å². The smallest absolute Gasteiger partial charge is 0.161 e. The van der Waals surface area contributed by atoms with Crippen molar-refractivity contribution in [3.63, 3.8) is 0 Å². The Hall–Kier alpha value is -8.54. The summed E-state index contributed by atoms with van der Waals surface area (Å²) in [6.45, 7) is 2.27. The number of amidine groups is 1. The number of aliphatic imine (C=N–C) groups is 2. The van der Waals surface area contributed by atoms with Gasteiger partial charge in [0.05, 0.1) is 28.1 Å². The second-order valence-corrected chi connectivity index (χ2v) is 17.6. The fourth-order valence-electron chi connectivity index (χ4n) is 10.8. The fourth-order valence-corrected chi connectivity index (χ4v) is 10.8. The Kier molecular flexibility index (Phi) is 7.96. The molecule has 14 rings (SSSR count). The number of benzene rings is 10. The third-order valence-electron chi connectivity index (χ3n) is 13.8. The van der Waals surface area contributed by atoms with Crippen molar-refractivity contribution in [1.29, 1.82) is 0 Å². The van der Waals surface area contributed by atoms with Gasteiger partial charge >= 0.3 is 0 Å². The van der Waals surface area contributed by atoms with Gasteiger partial charge in [-0.3, -0.25) is 0 Å². The van der Waals surface area contributed by atoms with E-state index in [-0.39, 0.29) is 5.92 Å². The third-order valence-corrected chi connectivity index (χ3v) is 13.8. The highest BCUT2D eigenvalue weighted by atomic mass is 16.3. The summed E-state index contributed by atoms with van der Waals surface area (Å²) in [5.74, 6) is 0.699. The molecule has 4 heterocycles. The number of hydrogen-bond acceptors (Lipinski definition) is 4. The van der Waals surface area contributed by atoms with Gasteiger partial charge in [0, 0.05) is 54.7 Å². The number of rotatable bonds is 4. The summed E-state index contributed by atoms with van der Waals surface area (Å²) in [6.07, 6.45) is 3.02. The minimum absolute atomic E-state index is 0.0761. The van der Waals surface area contributed by atoms with E-state index >= 15 is 0 Å².